The molecule has 0 spiro atoms. The van der Waals surface area contributed by atoms with Gasteiger partial charge in [0.05, 0.1) is 0 Å². The molecule has 0 saturated heterocycles. The summed E-state index contributed by atoms with van der Waals surface area (Å²) in [7, 11) is -12.5. The molecule has 0 aliphatic carbocycles. The minimum atomic E-state index is -3.51. The third-order valence-electron chi connectivity index (χ3n) is 7.83. The molecule has 0 heterocycles. The highest BCUT2D eigenvalue weighted by Gasteiger charge is 2.62. The van der Waals surface area contributed by atoms with Crippen molar-refractivity contribution in [1.82, 2.24) is 0 Å². The van der Waals surface area contributed by atoms with Crippen LogP contribution in [0.1, 0.15) is 82.1 Å². The van der Waals surface area contributed by atoms with E-state index in [9.17, 15) is 0 Å². The van der Waals surface area contributed by atoms with Crippen LogP contribution in [-0.4, -0.2) is 41.6 Å². The van der Waals surface area contributed by atoms with E-state index in [-0.39, 0.29) is 0 Å². The zero-order valence-corrected chi connectivity index (χ0v) is 30.1. The Morgan fingerprint density at radius 2 is 0.848 bits per heavy atom. The van der Waals surface area contributed by atoms with E-state index in [0.717, 1.165) is 49.1 Å². The van der Waals surface area contributed by atoms with Crippen molar-refractivity contribution in [2.45, 2.75) is 149 Å². The number of hydrogen-bond acceptors (Lipinski definition) is 4. The fraction of sp³-hybridized carbons (Fsp3) is 1.00. The number of hydrogen-bond donors (Lipinski definition) is 0. The normalized spacial score (nSPS) is 17.6. The Morgan fingerprint density at radius 3 is 1.06 bits per heavy atom. The van der Waals surface area contributed by atoms with E-state index in [1.165, 1.54) is 0 Å². The van der Waals surface area contributed by atoms with E-state index in [2.05, 4.69) is 88.9 Å². The van der Waals surface area contributed by atoms with Gasteiger partial charge in [-0.2, -0.15) is 0 Å². The average Bonchev–Trinajstić information content (AvgIpc) is 2.78. The van der Waals surface area contributed by atoms with E-state index in [0.29, 0.717) is 11.1 Å². The van der Waals surface area contributed by atoms with Gasteiger partial charge in [-0.05, 0) is 67.0 Å². The van der Waals surface area contributed by atoms with Gasteiger partial charge in [-0.1, -0.05) is 82.1 Å². The van der Waals surface area contributed by atoms with Gasteiger partial charge in [-0.25, -0.2) is 0 Å². The van der Waals surface area contributed by atoms with Gasteiger partial charge >= 0.3 is 9.05 Å². The van der Waals surface area contributed by atoms with Gasteiger partial charge in [0.25, 0.3) is 7.63 Å². The Balaban J connectivity index is 7.06. The first kappa shape index (κ1) is 34.2. The van der Waals surface area contributed by atoms with E-state index in [1.54, 1.807) is 0 Å². The molecule has 0 rings (SSSR count). The fourth-order valence-corrected chi connectivity index (χ4v) is 28.4. The molecule has 10 heteroatoms. The van der Waals surface area contributed by atoms with Gasteiger partial charge in [0.2, 0.25) is 0 Å². The molecule has 0 aromatic rings. The van der Waals surface area contributed by atoms with Crippen LogP contribution < -0.4 is 0 Å². The van der Waals surface area contributed by atoms with Gasteiger partial charge < -0.3 is 16.5 Å². The van der Waals surface area contributed by atoms with Crippen molar-refractivity contribution in [2.24, 2.45) is 0 Å². The maximum Gasteiger partial charge on any atom is 0.637 e. The van der Waals surface area contributed by atoms with Crippen LogP contribution in [0.25, 0.3) is 0 Å². The van der Waals surface area contributed by atoms with Crippen molar-refractivity contribution in [3.05, 3.63) is 0 Å². The average molecular weight is 574 g/mol. The lowest BCUT2D eigenvalue weighted by Crippen LogP contribution is -2.68. The van der Waals surface area contributed by atoms with Crippen LogP contribution in [0.2, 0.25) is 67.0 Å². The minimum Gasteiger partial charge on any atom is -0.396 e. The molecule has 0 fully saturated rings. The summed E-state index contributed by atoms with van der Waals surface area (Å²) < 4.78 is 29.0. The van der Waals surface area contributed by atoms with Crippen LogP contribution in [0.15, 0.2) is 0 Å². The molecule has 0 saturated carbocycles. The van der Waals surface area contributed by atoms with Crippen molar-refractivity contribution in [2.75, 3.05) is 0 Å². The molecule has 2 unspecified atom stereocenters. The Hall–Kier alpha value is 1.21. The third kappa shape index (κ3) is 9.23. The predicted octanol–water partition coefficient (Wildman–Crippen LogP) is 9.61. The zero-order chi connectivity index (χ0) is 26.1. The third-order valence-corrected chi connectivity index (χ3v) is 33.2. The summed E-state index contributed by atoms with van der Waals surface area (Å²) in [4.78, 5) is 0. The standard InChI is InChI=1S/C23H57ClO4Si5/c1-14-22(9)32(24,23(10)15-2)28-33(25-29(11,12)13,26-30(16-3,17-4)18-5)27-31(19-6,20-7)21-8/h22-23H,14-21H2,1-13H3. The lowest BCUT2D eigenvalue weighted by Gasteiger charge is -2.49. The van der Waals surface area contributed by atoms with E-state index >= 15 is 0 Å². The van der Waals surface area contributed by atoms with Crippen molar-refractivity contribution in [3.63, 3.8) is 0 Å². The highest BCUT2D eigenvalue weighted by molar-refractivity contribution is 7.20. The maximum atomic E-state index is 7.63. The van der Waals surface area contributed by atoms with Gasteiger partial charge in [0.1, 0.15) is 0 Å². The second-order valence-electron chi connectivity index (χ2n) is 10.8. The summed E-state index contributed by atoms with van der Waals surface area (Å²) in [6.07, 6.45) is 1.99. The first-order chi connectivity index (χ1) is 15.2. The van der Waals surface area contributed by atoms with E-state index in [4.69, 9.17) is 27.5 Å². The summed E-state index contributed by atoms with van der Waals surface area (Å²) >= 11 is 7.63. The van der Waals surface area contributed by atoms with Crippen LogP contribution >= 0.6 is 11.1 Å². The van der Waals surface area contributed by atoms with Gasteiger partial charge in [-0.3, -0.25) is 0 Å². The van der Waals surface area contributed by atoms with E-state index < -0.39 is 41.6 Å². The quantitative estimate of drug-likeness (QED) is 0.121. The molecule has 4 nitrogen and oxygen atoms in total. The molecular weight excluding hydrogens is 516 g/mol. The lowest BCUT2D eigenvalue weighted by atomic mass is 10.4. The molecule has 0 amide bonds. The van der Waals surface area contributed by atoms with Gasteiger partial charge in [-0.15, -0.1) is 11.1 Å². The molecule has 33 heavy (non-hydrogen) atoms. The summed E-state index contributed by atoms with van der Waals surface area (Å²) in [5, 5.41) is 0. The van der Waals surface area contributed by atoms with Crippen LogP contribution in [0.5, 0.6) is 0 Å². The molecule has 0 N–H and O–H groups in total. The molecule has 2 atom stereocenters. The highest BCUT2D eigenvalue weighted by Crippen LogP contribution is 2.46. The van der Waals surface area contributed by atoms with Crippen molar-refractivity contribution in [1.29, 1.82) is 0 Å². The second-order valence-corrected chi connectivity index (χ2v) is 33.4. The van der Waals surface area contributed by atoms with Crippen LogP contribution in [-0.2, 0) is 16.5 Å². The predicted molar refractivity (Wildman–Crippen MR) is 159 cm³/mol. The fourth-order valence-electron chi connectivity index (χ4n) is 4.40. The van der Waals surface area contributed by atoms with Gasteiger partial charge in [0.15, 0.2) is 25.0 Å². The molecule has 0 bridgehead atoms. The lowest BCUT2D eigenvalue weighted by molar-refractivity contribution is 0.141. The zero-order valence-electron chi connectivity index (χ0n) is 24.3. The SMILES string of the molecule is CCC(C)[Si](Cl)(O[Si](O[Si](C)(C)C)(O[Si](CC)(CC)CC)O[Si](CC)(CC)CC)C(C)CC. The number of halogens is 1. The van der Waals surface area contributed by atoms with E-state index in [1.807, 2.05) is 0 Å². The molecule has 0 aliphatic rings. The summed E-state index contributed by atoms with van der Waals surface area (Å²) in [5.74, 6) is 0. The van der Waals surface area contributed by atoms with Crippen molar-refractivity contribution >= 4 is 52.7 Å². The monoisotopic (exact) mass is 572 g/mol. The van der Waals surface area contributed by atoms with Crippen molar-refractivity contribution < 1.29 is 16.5 Å². The maximum absolute atomic E-state index is 7.63. The largest absolute Gasteiger partial charge is 0.637 e. The first-order valence-electron chi connectivity index (χ1n) is 13.6. The van der Waals surface area contributed by atoms with Crippen LogP contribution in [0, 0.1) is 0 Å². The second kappa shape index (κ2) is 14.2. The Morgan fingerprint density at radius 1 is 0.545 bits per heavy atom. The minimum absolute atomic E-state index is 0.292. The van der Waals surface area contributed by atoms with Crippen LogP contribution in [0.3, 0.4) is 0 Å². The van der Waals surface area contributed by atoms with Crippen LogP contribution in [0.4, 0.5) is 0 Å². The molecule has 0 aromatic carbocycles. The Labute approximate surface area is 217 Å². The first-order valence-corrected chi connectivity index (χ1v) is 26.8. The number of rotatable bonds is 18. The molecule has 200 valence electrons. The molecule has 0 aliphatic heterocycles. The van der Waals surface area contributed by atoms with Crippen molar-refractivity contribution in [3.8, 4) is 0 Å². The highest BCUT2D eigenvalue weighted by atomic mass is 35.6. The Kier molecular flexibility index (Phi) is 14.8. The van der Waals surface area contributed by atoms with Gasteiger partial charge in [0, 0.05) is 0 Å². The summed E-state index contributed by atoms with van der Waals surface area (Å²) in [6, 6.07) is 6.24. The molecule has 0 aromatic heterocycles. The molecule has 0 radical (unpaired) electrons. The topological polar surface area (TPSA) is 36.9 Å². The summed E-state index contributed by atoms with van der Waals surface area (Å²) in [5.41, 5.74) is 0.584. The Bertz CT molecular complexity index is 505. The summed E-state index contributed by atoms with van der Waals surface area (Å²) in [6.45, 7) is 29.3. The smallest absolute Gasteiger partial charge is 0.396 e. The molecular formula is C23H57ClO4Si5.